The van der Waals surface area contributed by atoms with Crippen molar-refractivity contribution in [3.05, 3.63) is 87.3 Å². The number of amides is 1. The number of hydrogen-bond donors (Lipinski definition) is 1. The van der Waals surface area contributed by atoms with Crippen LogP contribution in [-0.4, -0.2) is 35.9 Å². The number of furan rings is 1. The molecule has 1 saturated heterocycles. The Hall–Kier alpha value is -3.42. The Kier molecular flexibility index (Phi) is 6.35. The van der Waals surface area contributed by atoms with Gasteiger partial charge in [-0.05, 0) is 23.8 Å². The van der Waals surface area contributed by atoms with E-state index < -0.39 is 23.5 Å². The number of rotatable bonds is 6. The molecular weight excluding hydrogens is 469 g/mol. The van der Waals surface area contributed by atoms with Crippen LogP contribution in [0.25, 0.3) is 5.76 Å². The van der Waals surface area contributed by atoms with Gasteiger partial charge in [0.05, 0.1) is 49.2 Å². The van der Waals surface area contributed by atoms with Crippen molar-refractivity contribution in [3.8, 4) is 11.5 Å². The number of likely N-dealkylation sites (tertiary alicyclic amines) is 1. The zero-order chi connectivity index (χ0) is 23.7. The Morgan fingerprint density at radius 1 is 1.06 bits per heavy atom. The van der Waals surface area contributed by atoms with Crippen LogP contribution in [0.2, 0.25) is 10.0 Å². The lowest BCUT2D eigenvalue weighted by Crippen LogP contribution is -2.29. The highest BCUT2D eigenvalue weighted by Crippen LogP contribution is 2.47. The van der Waals surface area contributed by atoms with Gasteiger partial charge in [-0.2, -0.15) is 0 Å². The largest absolute Gasteiger partial charge is 0.507 e. The third-order valence-corrected chi connectivity index (χ3v) is 5.98. The topological polar surface area (TPSA) is 89.2 Å². The summed E-state index contributed by atoms with van der Waals surface area (Å²) in [6.45, 7) is 0.0369. The van der Waals surface area contributed by atoms with Gasteiger partial charge in [-0.25, -0.2) is 0 Å². The van der Waals surface area contributed by atoms with E-state index in [2.05, 4.69) is 0 Å². The number of aliphatic hydroxyl groups excluding tert-OH is 1. The second kappa shape index (κ2) is 9.21. The maximum atomic E-state index is 13.2. The highest BCUT2D eigenvalue weighted by atomic mass is 35.5. The third-order valence-electron chi connectivity index (χ3n) is 5.36. The van der Waals surface area contributed by atoms with Gasteiger partial charge in [-0.15, -0.1) is 0 Å². The molecule has 1 atom stereocenters. The van der Waals surface area contributed by atoms with Gasteiger partial charge in [0, 0.05) is 0 Å². The van der Waals surface area contributed by atoms with E-state index >= 15 is 0 Å². The van der Waals surface area contributed by atoms with Gasteiger partial charge in [0.1, 0.15) is 16.5 Å². The number of ether oxygens (including phenoxy) is 2. The molecule has 1 aromatic heterocycles. The first-order chi connectivity index (χ1) is 15.9. The molecule has 0 saturated carbocycles. The maximum absolute atomic E-state index is 13.2. The van der Waals surface area contributed by atoms with Gasteiger partial charge in [0.15, 0.2) is 11.5 Å². The molecule has 9 heteroatoms. The molecule has 1 N–H and O–H groups in total. The van der Waals surface area contributed by atoms with Crippen LogP contribution in [0.4, 0.5) is 0 Å². The normalized spacial score (nSPS) is 17.5. The number of benzene rings is 2. The molecule has 33 heavy (non-hydrogen) atoms. The minimum atomic E-state index is -0.874. The summed E-state index contributed by atoms with van der Waals surface area (Å²) in [5, 5.41) is 11.5. The van der Waals surface area contributed by atoms with Gasteiger partial charge < -0.3 is 23.9 Å². The fourth-order valence-electron chi connectivity index (χ4n) is 3.89. The first-order valence-corrected chi connectivity index (χ1v) is 10.6. The summed E-state index contributed by atoms with van der Waals surface area (Å²) in [6, 6.07) is 12.8. The number of carbonyl (C=O) groups is 2. The molecule has 1 fully saturated rings. The van der Waals surface area contributed by atoms with Crippen molar-refractivity contribution < 1.29 is 28.6 Å². The molecule has 0 aliphatic carbocycles. The van der Waals surface area contributed by atoms with Gasteiger partial charge >= 0.3 is 0 Å². The zero-order valence-corrected chi connectivity index (χ0v) is 19.2. The summed E-state index contributed by atoms with van der Waals surface area (Å²) in [7, 11) is 2.75. The molecule has 2 heterocycles. The summed E-state index contributed by atoms with van der Waals surface area (Å²) in [5.74, 6) is -1.38. The fourth-order valence-corrected chi connectivity index (χ4v) is 4.57. The number of aliphatic hydroxyl groups is 1. The molecular formula is C24H19Cl2NO6. The molecule has 4 rings (SSSR count). The van der Waals surface area contributed by atoms with Crippen molar-refractivity contribution >= 4 is 40.7 Å². The van der Waals surface area contributed by atoms with Crippen molar-refractivity contribution in [1.29, 1.82) is 0 Å². The number of nitrogens with zero attached hydrogens (tertiary/aromatic N) is 1. The average molecular weight is 488 g/mol. The molecule has 1 unspecified atom stereocenters. The second-order valence-electron chi connectivity index (χ2n) is 7.20. The van der Waals surface area contributed by atoms with Crippen LogP contribution in [-0.2, 0) is 16.1 Å². The Morgan fingerprint density at radius 3 is 2.36 bits per heavy atom. The van der Waals surface area contributed by atoms with Gasteiger partial charge in [-0.3, -0.25) is 9.59 Å². The monoisotopic (exact) mass is 487 g/mol. The lowest BCUT2D eigenvalue weighted by Gasteiger charge is -2.24. The van der Waals surface area contributed by atoms with Gasteiger partial charge in [0.2, 0.25) is 0 Å². The molecule has 3 aromatic rings. The van der Waals surface area contributed by atoms with E-state index in [0.29, 0.717) is 11.3 Å². The predicted molar refractivity (Wildman–Crippen MR) is 123 cm³/mol. The highest BCUT2D eigenvalue weighted by Gasteiger charge is 2.46. The van der Waals surface area contributed by atoms with Crippen LogP contribution in [0.15, 0.2) is 64.8 Å². The quantitative estimate of drug-likeness (QED) is 0.291. The smallest absolute Gasteiger partial charge is 0.296 e. The van der Waals surface area contributed by atoms with Crippen molar-refractivity contribution in [2.24, 2.45) is 0 Å². The molecule has 1 aliphatic heterocycles. The summed E-state index contributed by atoms with van der Waals surface area (Å²) in [6.07, 6.45) is 1.48. The first-order valence-electron chi connectivity index (χ1n) is 9.85. The molecule has 0 spiro atoms. The lowest BCUT2D eigenvalue weighted by atomic mass is 9.95. The van der Waals surface area contributed by atoms with E-state index in [-0.39, 0.29) is 39.2 Å². The van der Waals surface area contributed by atoms with Crippen LogP contribution >= 0.6 is 23.2 Å². The van der Waals surface area contributed by atoms with Crippen LogP contribution in [0.5, 0.6) is 11.5 Å². The third kappa shape index (κ3) is 3.94. The maximum Gasteiger partial charge on any atom is 0.296 e. The molecule has 170 valence electrons. The van der Waals surface area contributed by atoms with Gasteiger partial charge in [0.25, 0.3) is 11.7 Å². The predicted octanol–water partition coefficient (Wildman–Crippen LogP) is 5.23. The molecule has 1 amide bonds. The molecule has 1 aliphatic rings. The van der Waals surface area contributed by atoms with Crippen LogP contribution in [0.3, 0.4) is 0 Å². The molecule has 7 nitrogen and oxygen atoms in total. The van der Waals surface area contributed by atoms with Crippen molar-refractivity contribution in [2.75, 3.05) is 14.2 Å². The number of ketones is 1. The van der Waals surface area contributed by atoms with E-state index in [4.69, 9.17) is 37.1 Å². The van der Waals surface area contributed by atoms with E-state index in [1.807, 2.05) is 6.07 Å². The van der Waals surface area contributed by atoms with E-state index in [0.717, 1.165) is 0 Å². The van der Waals surface area contributed by atoms with Crippen LogP contribution in [0.1, 0.15) is 22.9 Å². The fraction of sp³-hybridized carbons (Fsp3) is 0.167. The molecule has 0 radical (unpaired) electrons. The molecule has 0 bridgehead atoms. The lowest BCUT2D eigenvalue weighted by molar-refractivity contribution is -0.140. The van der Waals surface area contributed by atoms with Crippen molar-refractivity contribution in [2.45, 2.75) is 12.6 Å². The SMILES string of the molecule is COc1c(Cl)cc(/C(O)=C2\C(=O)C(=O)N(Cc3ccco3)C2c2ccccc2)c(OC)c1Cl. The number of halogens is 2. The Bertz CT molecular complexity index is 1240. The minimum Gasteiger partial charge on any atom is -0.507 e. The average Bonchev–Trinajstić information content (AvgIpc) is 3.41. The number of Topliss-reactive ketones (excluding diaryl/α,β-unsaturated/α-hetero) is 1. The number of carbonyl (C=O) groups excluding carboxylic acids is 2. The van der Waals surface area contributed by atoms with E-state index in [1.165, 1.54) is 31.4 Å². The Morgan fingerprint density at radius 2 is 1.76 bits per heavy atom. The summed E-state index contributed by atoms with van der Waals surface area (Å²) >= 11 is 12.7. The van der Waals surface area contributed by atoms with E-state index in [1.54, 1.807) is 36.4 Å². The molecule has 2 aromatic carbocycles. The Labute approximate surface area is 199 Å². The summed E-state index contributed by atoms with van der Waals surface area (Å²) < 4.78 is 16.0. The van der Waals surface area contributed by atoms with Crippen LogP contribution < -0.4 is 9.47 Å². The van der Waals surface area contributed by atoms with Gasteiger partial charge in [-0.1, -0.05) is 53.5 Å². The second-order valence-corrected chi connectivity index (χ2v) is 7.99. The number of hydrogen-bond acceptors (Lipinski definition) is 6. The van der Waals surface area contributed by atoms with Crippen LogP contribution in [0, 0.1) is 0 Å². The van der Waals surface area contributed by atoms with E-state index in [9.17, 15) is 14.7 Å². The summed E-state index contributed by atoms with van der Waals surface area (Å²) in [4.78, 5) is 27.5. The Balaban J connectivity index is 1.94. The summed E-state index contributed by atoms with van der Waals surface area (Å²) in [5.41, 5.74) is 0.577. The van der Waals surface area contributed by atoms with Crippen molar-refractivity contribution in [1.82, 2.24) is 4.90 Å². The standard InChI is InChI=1S/C24H19Cl2NO6/c1-31-22-15(11-16(25)23(32-2)18(22)26)20(28)17-19(13-7-4-3-5-8-13)27(24(30)21(17)29)12-14-9-6-10-33-14/h3-11,19,28H,12H2,1-2H3/b20-17+. The minimum absolute atomic E-state index is 0.0233. The first kappa shape index (κ1) is 22.8. The number of methoxy groups -OCH3 is 2. The highest BCUT2D eigenvalue weighted by molar-refractivity contribution is 6.47. The zero-order valence-electron chi connectivity index (χ0n) is 17.7. The van der Waals surface area contributed by atoms with Crippen molar-refractivity contribution in [3.63, 3.8) is 0 Å².